The molecule has 0 spiro atoms. The van der Waals surface area contributed by atoms with Gasteiger partial charge in [0.2, 0.25) is 0 Å². The predicted octanol–water partition coefficient (Wildman–Crippen LogP) is 2.25. The maximum absolute atomic E-state index is 12.5. The van der Waals surface area contributed by atoms with Gasteiger partial charge >= 0.3 is 6.18 Å². The Hall–Kier alpha value is -1.79. The fourth-order valence-corrected chi connectivity index (χ4v) is 1.45. The van der Waals surface area contributed by atoms with Gasteiger partial charge in [-0.3, -0.25) is 5.41 Å². The first-order valence-corrected chi connectivity index (χ1v) is 5.46. The maximum Gasteiger partial charge on any atom is 0.433 e. The molecule has 0 amide bonds. The van der Waals surface area contributed by atoms with Gasteiger partial charge in [-0.2, -0.15) is 13.2 Å². The Labute approximate surface area is 103 Å². The fraction of sp³-hybridized carbons (Fsp3) is 0.455. The third-order valence-corrected chi connectivity index (χ3v) is 2.38. The second-order valence-corrected chi connectivity index (χ2v) is 3.73. The first-order chi connectivity index (χ1) is 8.34. The summed E-state index contributed by atoms with van der Waals surface area (Å²) in [6, 6.07) is 3.77. The quantitative estimate of drug-likeness (QED) is 0.630. The van der Waals surface area contributed by atoms with E-state index in [2.05, 4.69) is 4.98 Å². The molecule has 7 heteroatoms. The van der Waals surface area contributed by atoms with E-state index in [1.165, 1.54) is 12.1 Å². The van der Waals surface area contributed by atoms with E-state index in [0.29, 0.717) is 19.5 Å². The van der Waals surface area contributed by atoms with Crippen LogP contribution in [0.15, 0.2) is 18.2 Å². The highest BCUT2D eigenvalue weighted by molar-refractivity contribution is 5.77. The molecule has 1 heterocycles. The Balaban J connectivity index is 2.89. The summed E-state index contributed by atoms with van der Waals surface area (Å²) in [5.74, 6) is 0.244. The van der Waals surface area contributed by atoms with Crippen LogP contribution in [0.5, 0.6) is 0 Å². The van der Waals surface area contributed by atoms with Crippen LogP contribution in [0.2, 0.25) is 0 Å². The number of alkyl halides is 3. The van der Waals surface area contributed by atoms with E-state index in [0.717, 1.165) is 6.07 Å². The second kappa shape index (κ2) is 5.70. The van der Waals surface area contributed by atoms with Crippen LogP contribution < -0.4 is 10.6 Å². The number of amidine groups is 1. The van der Waals surface area contributed by atoms with Gasteiger partial charge in [0.05, 0.1) is 5.84 Å². The Morgan fingerprint density at radius 3 is 2.61 bits per heavy atom. The SMILES string of the molecule is CCN(CCC(=N)N)c1cccc(C(F)(F)F)n1. The van der Waals surface area contributed by atoms with E-state index in [1.54, 1.807) is 4.90 Å². The summed E-state index contributed by atoms with van der Waals surface area (Å²) in [6.45, 7) is 2.68. The molecule has 18 heavy (non-hydrogen) atoms. The minimum absolute atomic E-state index is 0.000394. The lowest BCUT2D eigenvalue weighted by Gasteiger charge is -2.22. The van der Waals surface area contributed by atoms with Gasteiger partial charge in [-0.15, -0.1) is 0 Å². The molecule has 0 aliphatic rings. The lowest BCUT2D eigenvalue weighted by atomic mass is 10.3. The van der Waals surface area contributed by atoms with Crippen LogP contribution in [0.3, 0.4) is 0 Å². The van der Waals surface area contributed by atoms with E-state index < -0.39 is 11.9 Å². The number of anilines is 1. The fourth-order valence-electron chi connectivity index (χ4n) is 1.45. The van der Waals surface area contributed by atoms with Gasteiger partial charge in [0.1, 0.15) is 11.5 Å². The predicted molar refractivity (Wildman–Crippen MR) is 63.7 cm³/mol. The normalized spacial score (nSPS) is 11.3. The number of nitrogens with two attached hydrogens (primary N) is 1. The van der Waals surface area contributed by atoms with E-state index in [-0.39, 0.29) is 11.7 Å². The molecule has 0 saturated carbocycles. The Kier molecular flexibility index (Phi) is 4.52. The molecule has 1 aromatic heterocycles. The number of rotatable bonds is 5. The molecule has 0 bridgehead atoms. The summed E-state index contributed by atoms with van der Waals surface area (Å²) in [4.78, 5) is 5.23. The number of aromatic nitrogens is 1. The van der Waals surface area contributed by atoms with Crippen molar-refractivity contribution in [3.05, 3.63) is 23.9 Å². The zero-order chi connectivity index (χ0) is 13.8. The monoisotopic (exact) mass is 260 g/mol. The second-order valence-electron chi connectivity index (χ2n) is 3.73. The highest BCUT2D eigenvalue weighted by Crippen LogP contribution is 2.28. The molecular formula is C11H15F3N4. The zero-order valence-corrected chi connectivity index (χ0v) is 9.96. The number of halogens is 3. The number of hydrogen-bond acceptors (Lipinski definition) is 3. The van der Waals surface area contributed by atoms with Crippen molar-refractivity contribution in [2.75, 3.05) is 18.0 Å². The van der Waals surface area contributed by atoms with Crippen LogP contribution in [-0.2, 0) is 6.18 Å². The Morgan fingerprint density at radius 2 is 2.11 bits per heavy atom. The van der Waals surface area contributed by atoms with E-state index in [9.17, 15) is 13.2 Å². The first-order valence-electron chi connectivity index (χ1n) is 5.46. The molecule has 0 fully saturated rings. The molecule has 3 N–H and O–H groups in total. The van der Waals surface area contributed by atoms with Crippen molar-refractivity contribution in [2.45, 2.75) is 19.5 Å². The maximum atomic E-state index is 12.5. The van der Waals surface area contributed by atoms with Gasteiger partial charge in [-0.1, -0.05) is 6.07 Å². The third-order valence-electron chi connectivity index (χ3n) is 2.38. The van der Waals surface area contributed by atoms with Crippen LogP contribution in [0, 0.1) is 5.41 Å². The van der Waals surface area contributed by atoms with Crippen molar-refractivity contribution in [3.63, 3.8) is 0 Å². The molecule has 1 rings (SSSR count). The Bertz CT molecular complexity index is 417. The molecule has 0 atom stereocenters. The van der Waals surface area contributed by atoms with Gasteiger partial charge in [-0.25, -0.2) is 4.98 Å². The number of pyridine rings is 1. The average molecular weight is 260 g/mol. The van der Waals surface area contributed by atoms with E-state index in [4.69, 9.17) is 11.1 Å². The van der Waals surface area contributed by atoms with Crippen LogP contribution in [-0.4, -0.2) is 23.9 Å². The van der Waals surface area contributed by atoms with Gasteiger partial charge in [-0.05, 0) is 19.1 Å². The van der Waals surface area contributed by atoms with E-state index in [1.807, 2.05) is 6.92 Å². The summed E-state index contributed by atoms with van der Waals surface area (Å²) in [7, 11) is 0. The Morgan fingerprint density at radius 1 is 1.44 bits per heavy atom. The van der Waals surface area contributed by atoms with Crippen molar-refractivity contribution < 1.29 is 13.2 Å². The summed E-state index contributed by atoms with van der Waals surface area (Å²) < 4.78 is 37.5. The molecule has 0 radical (unpaired) electrons. The molecule has 0 unspecified atom stereocenters. The summed E-state index contributed by atoms with van der Waals surface area (Å²) in [5, 5.41) is 7.12. The number of hydrogen-bond donors (Lipinski definition) is 2. The van der Waals surface area contributed by atoms with Gasteiger partial charge in [0, 0.05) is 19.5 Å². The first kappa shape index (κ1) is 14.3. The molecule has 0 saturated heterocycles. The van der Waals surface area contributed by atoms with Gasteiger partial charge in [0.25, 0.3) is 0 Å². The van der Waals surface area contributed by atoms with Crippen molar-refractivity contribution in [1.82, 2.24) is 4.98 Å². The highest BCUT2D eigenvalue weighted by Gasteiger charge is 2.32. The lowest BCUT2D eigenvalue weighted by Crippen LogP contribution is -2.28. The van der Waals surface area contributed by atoms with Crippen molar-refractivity contribution in [1.29, 1.82) is 5.41 Å². The third kappa shape index (κ3) is 3.90. The van der Waals surface area contributed by atoms with Crippen molar-refractivity contribution in [2.24, 2.45) is 5.73 Å². The van der Waals surface area contributed by atoms with Gasteiger partial charge in [0.15, 0.2) is 0 Å². The molecule has 0 aliphatic carbocycles. The molecular weight excluding hydrogens is 245 g/mol. The minimum Gasteiger partial charge on any atom is -0.388 e. The van der Waals surface area contributed by atoms with Crippen LogP contribution >= 0.6 is 0 Å². The summed E-state index contributed by atoms with van der Waals surface area (Å²) in [5.41, 5.74) is 4.31. The molecule has 0 aliphatic heterocycles. The molecule has 100 valence electrons. The zero-order valence-electron chi connectivity index (χ0n) is 9.96. The van der Waals surface area contributed by atoms with Crippen molar-refractivity contribution >= 4 is 11.7 Å². The number of nitrogens with one attached hydrogen (secondary N) is 1. The van der Waals surface area contributed by atoms with Crippen LogP contribution in [0.4, 0.5) is 19.0 Å². The average Bonchev–Trinajstić information content (AvgIpc) is 2.29. The molecule has 1 aromatic rings. The van der Waals surface area contributed by atoms with Crippen molar-refractivity contribution in [3.8, 4) is 0 Å². The summed E-state index contributed by atoms with van der Waals surface area (Å²) in [6.07, 6.45) is -4.15. The molecule has 0 aromatic carbocycles. The highest BCUT2D eigenvalue weighted by atomic mass is 19.4. The minimum atomic E-state index is -4.45. The van der Waals surface area contributed by atoms with Crippen LogP contribution in [0.25, 0.3) is 0 Å². The van der Waals surface area contributed by atoms with Gasteiger partial charge < -0.3 is 10.6 Å². The topological polar surface area (TPSA) is 66.0 Å². The largest absolute Gasteiger partial charge is 0.433 e. The summed E-state index contributed by atoms with van der Waals surface area (Å²) >= 11 is 0. The van der Waals surface area contributed by atoms with E-state index >= 15 is 0 Å². The van der Waals surface area contributed by atoms with Crippen LogP contribution in [0.1, 0.15) is 19.0 Å². The number of nitrogens with zero attached hydrogens (tertiary/aromatic N) is 2. The standard InChI is InChI=1S/C11H15F3N4/c1-2-18(7-6-9(15)16)10-5-3-4-8(17-10)11(12,13)14/h3-5H,2,6-7H2,1H3,(H3,15,16). The lowest BCUT2D eigenvalue weighted by molar-refractivity contribution is -0.141. The smallest absolute Gasteiger partial charge is 0.388 e. The molecule has 4 nitrogen and oxygen atoms in total.